The van der Waals surface area contributed by atoms with E-state index in [4.69, 9.17) is 0 Å². The fourth-order valence-corrected chi connectivity index (χ4v) is 4.63. The van der Waals surface area contributed by atoms with Crippen LogP contribution in [0.25, 0.3) is 0 Å². The van der Waals surface area contributed by atoms with Crippen molar-refractivity contribution >= 4 is 39.2 Å². The summed E-state index contributed by atoms with van der Waals surface area (Å²) in [5.74, 6) is -0.487. The fraction of sp³-hybridized carbons (Fsp3) is 0.143. The van der Waals surface area contributed by atoms with Gasteiger partial charge in [0.1, 0.15) is 0 Å². The molecule has 0 atom stereocenters. The molecule has 0 radical (unpaired) electrons. The highest BCUT2D eigenvalue weighted by Crippen LogP contribution is 2.21. The number of carbonyl (C=O) groups excluding carboxylic acids is 1. The van der Waals surface area contributed by atoms with Gasteiger partial charge in [0.25, 0.3) is 15.9 Å². The molecule has 29 heavy (non-hydrogen) atoms. The lowest BCUT2D eigenvalue weighted by Gasteiger charge is -2.12. The number of thiophene rings is 1. The molecule has 0 saturated heterocycles. The van der Waals surface area contributed by atoms with Gasteiger partial charge < -0.3 is 0 Å². The highest BCUT2D eigenvalue weighted by atomic mass is 32.2. The monoisotopic (exact) mass is 427 g/mol. The van der Waals surface area contributed by atoms with Crippen molar-refractivity contribution in [3.63, 3.8) is 0 Å². The Labute approximate surface area is 174 Å². The van der Waals surface area contributed by atoms with Gasteiger partial charge in [-0.05, 0) is 67.6 Å². The maximum absolute atomic E-state index is 12.7. The van der Waals surface area contributed by atoms with Crippen LogP contribution in [0.1, 0.15) is 31.9 Å². The Kier molecular flexibility index (Phi) is 6.14. The SMILES string of the molecule is Cc1ccc(NS(=O)(=O)c2cccc(C(=O)NN=Cc3sccc3C)c2)c(C)c1. The largest absolute Gasteiger partial charge is 0.279 e. The molecule has 0 fully saturated rings. The summed E-state index contributed by atoms with van der Waals surface area (Å²) in [5.41, 5.74) is 6.07. The van der Waals surface area contributed by atoms with E-state index in [1.54, 1.807) is 12.3 Å². The van der Waals surface area contributed by atoms with Crippen LogP contribution in [0.2, 0.25) is 0 Å². The van der Waals surface area contributed by atoms with Crippen LogP contribution in [0.3, 0.4) is 0 Å². The standard InChI is InChI=1S/C21H21N3O3S2/c1-14-7-8-19(16(3)11-14)24-29(26,27)18-6-4-5-17(12-18)21(25)23-22-13-20-15(2)9-10-28-20/h4-13,24H,1-3H3,(H,23,25). The number of nitrogens with zero attached hydrogens (tertiary/aromatic N) is 1. The Morgan fingerprint density at radius 3 is 2.52 bits per heavy atom. The molecule has 3 aromatic rings. The molecule has 1 aromatic heterocycles. The zero-order chi connectivity index (χ0) is 21.0. The molecule has 2 N–H and O–H groups in total. The molecule has 0 unspecified atom stereocenters. The van der Waals surface area contributed by atoms with Crippen molar-refractivity contribution in [1.29, 1.82) is 0 Å². The van der Waals surface area contributed by atoms with E-state index in [2.05, 4.69) is 15.2 Å². The minimum Gasteiger partial charge on any atom is -0.279 e. The summed E-state index contributed by atoms with van der Waals surface area (Å²) >= 11 is 1.52. The second kappa shape index (κ2) is 8.59. The predicted octanol–water partition coefficient (Wildman–Crippen LogP) is 4.24. The summed E-state index contributed by atoms with van der Waals surface area (Å²) in [4.78, 5) is 13.3. The quantitative estimate of drug-likeness (QED) is 0.456. The third kappa shape index (κ3) is 5.10. The lowest BCUT2D eigenvalue weighted by Crippen LogP contribution is -2.19. The first-order valence-corrected chi connectivity index (χ1v) is 11.2. The van der Waals surface area contributed by atoms with E-state index in [9.17, 15) is 13.2 Å². The van der Waals surface area contributed by atoms with Gasteiger partial charge in [0, 0.05) is 10.4 Å². The van der Waals surface area contributed by atoms with Gasteiger partial charge >= 0.3 is 0 Å². The Hall–Kier alpha value is -2.97. The van der Waals surface area contributed by atoms with E-state index >= 15 is 0 Å². The first kappa shape index (κ1) is 20.8. The summed E-state index contributed by atoms with van der Waals surface area (Å²) in [6.45, 7) is 5.73. The van der Waals surface area contributed by atoms with Crippen molar-refractivity contribution in [2.24, 2.45) is 5.10 Å². The van der Waals surface area contributed by atoms with Crippen molar-refractivity contribution in [2.75, 3.05) is 4.72 Å². The number of nitrogens with one attached hydrogen (secondary N) is 2. The summed E-state index contributed by atoms with van der Waals surface area (Å²) in [7, 11) is -3.83. The van der Waals surface area contributed by atoms with E-state index in [0.29, 0.717) is 5.69 Å². The normalized spacial score (nSPS) is 11.6. The number of sulfonamides is 1. The van der Waals surface area contributed by atoms with Gasteiger partial charge in [-0.1, -0.05) is 23.8 Å². The number of benzene rings is 2. The van der Waals surface area contributed by atoms with Crippen LogP contribution < -0.4 is 10.1 Å². The topological polar surface area (TPSA) is 87.6 Å². The smallest absolute Gasteiger partial charge is 0.271 e. The molecular weight excluding hydrogens is 406 g/mol. The van der Waals surface area contributed by atoms with Crippen molar-refractivity contribution < 1.29 is 13.2 Å². The lowest BCUT2D eigenvalue weighted by molar-refractivity contribution is 0.0955. The zero-order valence-corrected chi connectivity index (χ0v) is 17.9. The molecule has 0 aliphatic carbocycles. The average molecular weight is 428 g/mol. The van der Waals surface area contributed by atoms with Crippen LogP contribution in [0.4, 0.5) is 5.69 Å². The minimum absolute atomic E-state index is 0.00297. The first-order valence-electron chi connectivity index (χ1n) is 8.84. The van der Waals surface area contributed by atoms with Gasteiger partial charge in [-0.2, -0.15) is 5.10 Å². The molecule has 2 aromatic carbocycles. The molecule has 0 aliphatic rings. The lowest BCUT2D eigenvalue weighted by atomic mass is 10.1. The number of hydrogen-bond donors (Lipinski definition) is 2. The maximum atomic E-state index is 12.7. The van der Waals surface area contributed by atoms with Crippen molar-refractivity contribution in [3.05, 3.63) is 81.0 Å². The Morgan fingerprint density at radius 1 is 1.03 bits per heavy atom. The third-order valence-corrected chi connectivity index (χ3v) is 6.60. The summed E-state index contributed by atoms with van der Waals surface area (Å²) < 4.78 is 28.1. The van der Waals surface area contributed by atoms with Gasteiger partial charge in [0.2, 0.25) is 0 Å². The number of aryl methyl sites for hydroxylation is 3. The third-order valence-electron chi connectivity index (χ3n) is 4.28. The van der Waals surface area contributed by atoms with Gasteiger partial charge in [-0.3, -0.25) is 9.52 Å². The molecule has 3 rings (SSSR count). The highest BCUT2D eigenvalue weighted by Gasteiger charge is 2.17. The number of hydrogen-bond acceptors (Lipinski definition) is 5. The zero-order valence-electron chi connectivity index (χ0n) is 16.3. The Balaban J connectivity index is 1.76. The van der Waals surface area contributed by atoms with Gasteiger partial charge in [0.05, 0.1) is 16.8 Å². The van der Waals surface area contributed by atoms with Crippen LogP contribution >= 0.6 is 11.3 Å². The molecule has 6 nitrogen and oxygen atoms in total. The number of rotatable bonds is 6. The first-order chi connectivity index (χ1) is 13.8. The molecular formula is C21H21N3O3S2. The van der Waals surface area contributed by atoms with Crippen molar-refractivity contribution in [1.82, 2.24) is 5.43 Å². The molecule has 0 bridgehead atoms. The number of carbonyl (C=O) groups is 1. The van der Waals surface area contributed by atoms with Crippen LogP contribution in [-0.2, 0) is 10.0 Å². The molecule has 150 valence electrons. The maximum Gasteiger partial charge on any atom is 0.271 e. The molecule has 0 saturated carbocycles. The molecule has 1 amide bonds. The van der Waals surface area contributed by atoms with Crippen molar-refractivity contribution in [3.8, 4) is 0 Å². The van der Waals surface area contributed by atoms with E-state index in [1.165, 1.54) is 35.6 Å². The van der Waals surface area contributed by atoms with Crippen LogP contribution in [-0.4, -0.2) is 20.5 Å². The summed E-state index contributed by atoms with van der Waals surface area (Å²) in [5, 5.41) is 5.89. The molecule has 0 aliphatic heterocycles. The van der Waals surface area contributed by atoms with Crippen molar-refractivity contribution in [2.45, 2.75) is 25.7 Å². The second-order valence-corrected chi connectivity index (χ2v) is 9.25. The fourth-order valence-electron chi connectivity index (χ4n) is 2.67. The van der Waals surface area contributed by atoms with Crippen LogP contribution in [0.15, 0.2) is 63.9 Å². The van der Waals surface area contributed by atoms with Gasteiger partial charge in [-0.25, -0.2) is 13.8 Å². The number of hydrazone groups is 1. The molecule has 0 spiro atoms. The Morgan fingerprint density at radius 2 is 1.83 bits per heavy atom. The second-order valence-electron chi connectivity index (χ2n) is 6.62. The van der Waals surface area contributed by atoms with Crippen LogP contribution in [0.5, 0.6) is 0 Å². The number of anilines is 1. The Bertz CT molecular complexity index is 1180. The highest BCUT2D eigenvalue weighted by molar-refractivity contribution is 7.92. The summed E-state index contributed by atoms with van der Waals surface area (Å²) in [6.07, 6.45) is 1.57. The average Bonchev–Trinajstić information content (AvgIpc) is 3.09. The predicted molar refractivity (Wildman–Crippen MR) is 117 cm³/mol. The van der Waals surface area contributed by atoms with Gasteiger partial charge in [0.15, 0.2) is 0 Å². The van der Waals surface area contributed by atoms with Crippen LogP contribution in [0, 0.1) is 20.8 Å². The van der Waals surface area contributed by atoms with E-state index < -0.39 is 15.9 Å². The molecule has 1 heterocycles. The molecule has 8 heteroatoms. The van der Waals surface area contributed by atoms with E-state index in [1.807, 2.05) is 44.4 Å². The minimum atomic E-state index is -3.83. The number of amides is 1. The van der Waals surface area contributed by atoms with E-state index in [0.717, 1.165) is 21.6 Å². The van der Waals surface area contributed by atoms with Gasteiger partial charge in [-0.15, -0.1) is 11.3 Å². The summed E-state index contributed by atoms with van der Waals surface area (Å²) in [6, 6.07) is 13.3. The van der Waals surface area contributed by atoms with E-state index in [-0.39, 0.29) is 10.5 Å².